The SMILES string of the molecule is Cc1c(CNC2CCCCCCC2)c(C(=O)O)c(C)n1Cc1cccc(Cl)c1. The van der Waals surface area contributed by atoms with Crippen molar-refractivity contribution in [1.29, 1.82) is 0 Å². The van der Waals surface area contributed by atoms with E-state index in [0.717, 1.165) is 22.5 Å². The van der Waals surface area contributed by atoms with Crippen LogP contribution in [0.3, 0.4) is 0 Å². The fourth-order valence-corrected chi connectivity index (χ4v) is 4.62. The van der Waals surface area contributed by atoms with Crippen LogP contribution in [0.1, 0.15) is 77.8 Å². The zero-order valence-electron chi connectivity index (χ0n) is 16.9. The maximum absolute atomic E-state index is 12.0. The maximum Gasteiger partial charge on any atom is 0.337 e. The summed E-state index contributed by atoms with van der Waals surface area (Å²) in [6.07, 6.45) is 8.86. The predicted molar refractivity (Wildman–Crippen MR) is 114 cm³/mol. The molecule has 0 radical (unpaired) electrons. The zero-order chi connectivity index (χ0) is 20.1. The molecule has 2 aromatic rings. The first-order chi connectivity index (χ1) is 13.5. The van der Waals surface area contributed by atoms with Crippen molar-refractivity contribution in [3.05, 3.63) is 57.4 Å². The van der Waals surface area contributed by atoms with Crippen LogP contribution in [0.15, 0.2) is 24.3 Å². The Morgan fingerprint density at radius 1 is 1.14 bits per heavy atom. The van der Waals surface area contributed by atoms with Crippen molar-refractivity contribution in [2.75, 3.05) is 0 Å². The van der Waals surface area contributed by atoms with Crippen molar-refractivity contribution in [1.82, 2.24) is 9.88 Å². The van der Waals surface area contributed by atoms with Crippen LogP contribution in [0.25, 0.3) is 0 Å². The molecule has 0 aliphatic heterocycles. The first-order valence-corrected chi connectivity index (χ1v) is 10.7. The van der Waals surface area contributed by atoms with Crippen molar-refractivity contribution in [2.45, 2.75) is 77.9 Å². The number of nitrogens with one attached hydrogen (secondary N) is 1. The van der Waals surface area contributed by atoms with Gasteiger partial charge in [0.2, 0.25) is 0 Å². The third-order valence-corrected chi connectivity index (χ3v) is 6.26. The standard InChI is InChI=1S/C23H31ClN2O2/c1-16-21(14-25-20-11-6-4-3-5-7-12-20)22(23(27)28)17(2)26(16)15-18-9-8-10-19(24)13-18/h8-10,13,20,25H,3-7,11-12,14-15H2,1-2H3,(H,27,28). The van der Waals surface area contributed by atoms with E-state index < -0.39 is 5.97 Å². The smallest absolute Gasteiger partial charge is 0.337 e. The molecule has 1 aromatic carbocycles. The summed E-state index contributed by atoms with van der Waals surface area (Å²) < 4.78 is 2.10. The molecule has 0 spiro atoms. The van der Waals surface area contributed by atoms with Gasteiger partial charge in [-0.05, 0) is 44.4 Å². The van der Waals surface area contributed by atoms with E-state index in [1.165, 1.54) is 44.9 Å². The Kier molecular flexibility index (Phi) is 7.19. The fraction of sp³-hybridized carbons (Fsp3) is 0.522. The molecule has 28 heavy (non-hydrogen) atoms. The normalized spacial score (nSPS) is 16.0. The Morgan fingerprint density at radius 3 is 2.46 bits per heavy atom. The van der Waals surface area contributed by atoms with Crippen LogP contribution in [-0.2, 0) is 13.1 Å². The zero-order valence-corrected chi connectivity index (χ0v) is 17.7. The van der Waals surface area contributed by atoms with Gasteiger partial charge in [0, 0.05) is 41.1 Å². The highest BCUT2D eigenvalue weighted by Crippen LogP contribution is 2.25. The lowest BCUT2D eigenvalue weighted by Crippen LogP contribution is -2.30. The average molecular weight is 403 g/mol. The number of hydrogen-bond donors (Lipinski definition) is 2. The van der Waals surface area contributed by atoms with Crippen LogP contribution in [0.4, 0.5) is 0 Å². The largest absolute Gasteiger partial charge is 0.478 e. The van der Waals surface area contributed by atoms with Gasteiger partial charge in [0.25, 0.3) is 0 Å². The predicted octanol–water partition coefficient (Wildman–Crippen LogP) is 5.71. The first kappa shape index (κ1) is 20.9. The number of aromatic nitrogens is 1. The lowest BCUT2D eigenvalue weighted by Gasteiger charge is -2.21. The van der Waals surface area contributed by atoms with Gasteiger partial charge in [-0.3, -0.25) is 0 Å². The Hall–Kier alpha value is -1.78. The summed E-state index contributed by atoms with van der Waals surface area (Å²) in [7, 11) is 0. The molecule has 1 aromatic heterocycles. The summed E-state index contributed by atoms with van der Waals surface area (Å²) in [5.41, 5.74) is 4.25. The van der Waals surface area contributed by atoms with Crippen LogP contribution >= 0.6 is 11.6 Å². The number of hydrogen-bond acceptors (Lipinski definition) is 2. The molecule has 3 rings (SSSR count). The van der Waals surface area contributed by atoms with Crippen molar-refractivity contribution in [2.24, 2.45) is 0 Å². The topological polar surface area (TPSA) is 54.3 Å². The van der Waals surface area contributed by atoms with Gasteiger partial charge in [0.1, 0.15) is 0 Å². The molecule has 152 valence electrons. The molecule has 1 fully saturated rings. The van der Waals surface area contributed by atoms with E-state index in [-0.39, 0.29) is 0 Å². The molecule has 5 heteroatoms. The van der Waals surface area contributed by atoms with Crippen LogP contribution < -0.4 is 5.32 Å². The summed E-state index contributed by atoms with van der Waals surface area (Å²) in [5, 5.41) is 14.2. The van der Waals surface area contributed by atoms with Gasteiger partial charge >= 0.3 is 5.97 Å². The minimum absolute atomic E-state index is 0.442. The highest BCUT2D eigenvalue weighted by atomic mass is 35.5. The Labute approximate surface area is 172 Å². The third-order valence-electron chi connectivity index (χ3n) is 6.03. The van der Waals surface area contributed by atoms with Gasteiger partial charge in [-0.1, -0.05) is 55.8 Å². The summed E-state index contributed by atoms with van der Waals surface area (Å²) in [6, 6.07) is 8.23. The number of carboxylic acids is 1. The highest BCUT2D eigenvalue weighted by Gasteiger charge is 2.23. The molecule has 4 nitrogen and oxygen atoms in total. The highest BCUT2D eigenvalue weighted by molar-refractivity contribution is 6.30. The Bertz CT molecular complexity index is 820. The molecule has 0 atom stereocenters. The lowest BCUT2D eigenvalue weighted by molar-refractivity contribution is 0.0694. The van der Waals surface area contributed by atoms with E-state index >= 15 is 0 Å². The van der Waals surface area contributed by atoms with Crippen molar-refractivity contribution in [3.63, 3.8) is 0 Å². The number of benzene rings is 1. The first-order valence-electron chi connectivity index (χ1n) is 10.4. The second-order valence-electron chi connectivity index (χ2n) is 7.97. The lowest BCUT2D eigenvalue weighted by atomic mass is 9.96. The minimum atomic E-state index is -0.847. The number of rotatable bonds is 6. The monoisotopic (exact) mass is 402 g/mol. The molecule has 1 aliphatic carbocycles. The molecule has 2 N–H and O–H groups in total. The fourth-order valence-electron chi connectivity index (χ4n) is 4.41. The average Bonchev–Trinajstić information content (AvgIpc) is 2.85. The van der Waals surface area contributed by atoms with Gasteiger partial charge < -0.3 is 15.0 Å². The minimum Gasteiger partial charge on any atom is -0.478 e. The van der Waals surface area contributed by atoms with Crippen LogP contribution in [0, 0.1) is 13.8 Å². The van der Waals surface area contributed by atoms with Gasteiger partial charge in [-0.2, -0.15) is 0 Å². The van der Waals surface area contributed by atoms with E-state index in [9.17, 15) is 9.90 Å². The van der Waals surface area contributed by atoms with Crippen LogP contribution in [-0.4, -0.2) is 21.7 Å². The molecule has 0 amide bonds. The maximum atomic E-state index is 12.0. The Morgan fingerprint density at radius 2 is 1.82 bits per heavy atom. The number of halogens is 1. The van der Waals surface area contributed by atoms with E-state index in [2.05, 4.69) is 9.88 Å². The number of aromatic carboxylic acids is 1. The molecule has 0 bridgehead atoms. The molecule has 1 heterocycles. The van der Waals surface area contributed by atoms with Gasteiger partial charge in [-0.25, -0.2) is 4.79 Å². The van der Waals surface area contributed by atoms with Gasteiger partial charge in [-0.15, -0.1) is 0 Å². The van der Waals surface area contributed by atoms with E-state index in [1.54, 1.807) is 0 Å². The molecule has 1 aliphatic rings. The summed E-state index contributed by atoms with van der Waals surface area (Å²) in [5.74, 6) is -0.847. The van der Waals surface area contributed by atoms with E-state index in [4.69, 9.17) is 11.6 Å². The number of nitrogens with zero attached hydrogens (tertiary/aromatic N) is 1. The summed E-state index contributed by atoms with van der Waals surface area (Å²) in [4.78, 5) is 12.0. The van der Waals surface area contributed by atoms with Crippen molar-refractivity contribution in [3.8, 4) is 0 Å². The molecule has 0 saturated heterocycles. The van der Waals surface area contributed by atoms with Crippen molar-refractivity contribution < 1.29 is 9.90 Å². The molecular formula is C23H31ClN2O2. The Balaban J connectivity index is 1.82. The molecule has 1 saturated carbocycles. The van der Waals surface area contributed by atoms with Crippen LogP contribution in [0.2, 0.25) is 5.02 Å². The molecule has 0 unspecified atom stereocenters. The molecular weight excluding hydrogens is 372 g/mol. The van der Waals surface area contributed by atoms with Gasteiger partial charge in [0.05, 0.1) is 5.56 Å². The second kappa shape index (κ2) is 9.62. The van der Waals surface area contributed by atoms with Crippen molar-refractivity contribution >= 4 is 17.6 Å². The van der Waals surface area contributed by atoms with E-state index in [0.29, 0.717) is 29.7 Å². The second-order valence-corrected chi connectivity index (χ2v) is 8.40. The quantitative estimate of drug-likeness (QED) is 0.650. The number of carbonyl (C=O) groups is 1. The van der Waals surface area contributed by atoms with Crippen LogP contribution in [0.5, 0.6) is 0 Å². The van der Waals surface area contributed by atoms with Gasteiger partial charge in [0.15, 0.2) is 0 Å². The summed E-state index contributed by atoms with van der Waals surface area (Å²) in [6.45, 7) is 5.17. The number of carboxylic acid groups (broad SMARTS) is 1. The third kappa shape index (κ3) is 4.98. The summed E-state index contributed by atoms with van der Waals surface area (Å²) >= 11 is 6.12. The van der Waals surface area contributed by atoms with E-state index in [1.807, 2.05) is 38.1 Å².